The van der Waals surface area contributed by atoms with E-state index in [0.717, 1.165) is 19.3 Å². The maximum absolute atomic E-state index is 12.1. The fourth-order valence-electron chi connectivity index (χ4n) is 3.20. The minimum absolute atomic E-state index is 0.150. The van der Waals surface area contributed by atoms with E-state index in [1.54, 1.807) is 6.08 Å². The van der Waals surface area contributed by atoms with Crippen molar-refractivity contribution in [3.05, 3.63) is 47.5 Å². The SMILES string of the molecule is C[C@@]12CCc3ccccc3[C@@H]1CC=CC2=O. The first-order chi connectivity index (χ1) is 7.72. The van der Waals surface area contributed by atoms with E-state index in [-0.39, 0.29) is 5.41 Å². The van der Waals surface area contributed by atoms with Crippen LogP contribution in [-0.2, 0) is 11.2 Å². The van der Waals surface area contributed by atoms with Gasteiger partial charge in [-0.15, -0.1) is 0 Å². The lowest BCUT2D eigenvalue weighted by Gasteiger charge is -2.42. The summed E-state index contributed by atoms with van der Waals surface area (Å²) in [5, 5.41) is 0. The molecule has 0 spiro atoms. The van der Waals surface area contributed by atoms with E-state index in [9.17, 15) is 4.79 Å². The largest absolute Gasteiger partial charge is 0.294 e. The number of carbonyl (C=O) groups excluding carboxylic acids is 1. The van der Waals surface area contributed by atoms with Crippen molar-refractivity contribution in [1.29, 1.82) is 0 Å². The third-order valence-electron chi connectivity index (χ3n) is 4.32. The average Bonchev–Trinajstić information content (AvgIpc) is 2.31. The van der Waals surface area contributed by atoms with Gasteiger partial charge in [0.1, 0.15) is 0 Å². The molecule has 0 saturated heterocycles. The number of carbonyl (C=O) groups is 1. The van der Waals surface area contributed by atoms with Crippen molar-refractivity contribution < 1.29 is 4.79 Å². The van der Waals surface area contributed by atoms with Crippen LogP contribution < -0.4 is 0 Å². The van der Waals surface area contributed by atoms with E-state index in [2.05, 4.69) is 31.2 Å². The number of hydrogen-bond donors (Lipinski definition) is 0. The Balaban J connectivity index is 2.14. The molecule has 0 fully saturated rings. The zero-order valence-electron chi connectivity index (χ0n) is 9.57. The number of hydrogen-bond acceptors (Lipinski definition) is 1. The first-order valence-corrected chi connectivity index (χ1v) is 6.00. The van der Waals surface area contributed by atoms with Crippen LogP contribution in [0.25, 0.3) is 0 Å². The normalized spacial score (nSPS) is 32.1. The molecule has 1 nitrogen and oxygen atoms in total. The molecule has 2 aliphatic carbocycles. The molecule has 2 aliphatic rings. The Labute approximate surface area is 96.2 Å². The lowest BCUT2D eigenvalue weighted by Crippen LogP contribution is -2.39. The second-order valence-corrected chi connectivity index (χ2v) is 5.17. The molecule has 16 heavy (non-hydrogen) atoms. The Morgan fingerprint density at radius 1 is 1.31 bits per heavy atom. The van der Waals surface area contributed by atoms with Gasteiger partial charge in [0.15, 0.2) is 5.78 Å². The van der Waals surface area contributed by atoms with Crippen molar-refractivity contribution >= 4 is 5.78 Å². The average molecular weight is 212 g/mol. The van der Waals surface area contributed by atoms with Crippen LogP contribution in [0.4, 0.5) is 0 Å². The summed E-state index contributed by atoms with van der Waals surface area (Å²) in [5.41, 5.74) is 2.69. The van der Waals surface area contributed by atoms with Crippen molar-refractivity contribution in [2.24, 2.45) is 5.41 Å². The third-order valence-corrected chi connectivity index (χ3v) is 4.32. The van der Waals surface area contributed by atoms with Crippen LogP contribution in [0.1, 0.15) is 36.8 Å². The highest BCUT2D eigenvalue weighted by Gasteiger charge is 2.44. The molecule has 0 aliphatic heterocycles. The van der Waals surface area contributed by atoms with E-state index in [0.29, 0.717) is 11.7 Å². The van der Waals surface area contributed by atoms with Gasteiger partial charge in [0.25, 0.3) is 0 Å². The molecule has 1 heteroatoms. The van der Waals surface area contributed by atoms with E-state index in [4.69, 9.17) is 0 Å². The predicted molar refractivity (Wildman–Crippen MR) is 64.4 cm³/mol. The molecule has 0 amide bonds. The van der Waals surface area contributed by atoms with E-state index in [1.807, 2.05) is 6.08 Å². The zero-order chi connectivity index (χ0) is 11.2. The zero-order valence-corrected chi connectivity index (χ0v) is 9.57. The summed E-state index contributed by atoms with van der Waals surface area (Å²) >= 11 is 0. The summed E-state index contributed by atoms with van der Waals surface area (Å²) in [4.78, 5) is 12.1. The molecule has 82 valence electrons. The summed E-state index contributed by atoms with van der Waals surface area (Å²) in [5.74, 6) is 0.716. The molecular weight excluding hydrogens is 196 g/mol. The second kappa shape index (κ2) is 3.31. The smallest absolute Gasteiger partial charge is 0.161 e. The first kappa shape index (κ1) is 9.83. The molecule has 0 heterocycles. The molecule has 0 bridgehead atoms. The molecule has 2 atom stereocenters. The highest BCUT2D eigenvalue weighted by Crippen LogP contribution is 2.49. The maximum Gasteiger partial charge on any atom is 0.161 e. The molecular formula is C15H16O. The highest BCUT2D eigenvalue weighted by atomic mass is 16.1. The van der Waals surface area contributed by atoms with Gasteiger partial charge in [-0.2, -0.15) is 0 Å². The fourth-order valence-corrected chi connectivity index (χ4v) is 3.20. The Kier molecular flexibility index (Phi) is 2.03. The molecule has 0 saturated carbocycles. The Hall–Kier alpha value is -1.37. The van der Waals surface area contributed by atoms with Crippen LogP contribution in [0.2, 0.25) is 0 Å². The standard InChI is InChI=1S/C15H16O/c1-15-10-9-11-5-2-3-6-12(11)13(15)7-4-8-14(15)16/h2-6,8,13H,7,9-10H2,1H3/t13-,15+/m0/s1. The van der Waals surface area contributed by atoms with Gasteiger partial charge in [-0.25, -0.2) is 0 Å². The molecule has 0 aromatic heterocycles. The first-order valence-electron chi connectivity index (χ1n) is 6.00. The topological polar surface area (TPSA) is 17.1 Å². The summed E-state index contributed by atoms with van der Waals surface area (Å²) in [6, 6.07) is 8.59. The van der Waals surface area contributed by atoms with Gasteiger partial charge in [0.05, 0.1) is 0 Å². The van der Waals surface area contributed by atoms with Gasteiger partial charge < -0.3 is 0 Å². The van der Waals surface area contributed by atoms with Crippen LogP contribution in [0, 0.1) is 5.41 Å². The lowest BCUT2D eigenvalue weighted by molar-refractivity contribution is -0.125. The van der Waals surface area contributed by atoms with Crippen molar-refractivity contribution in [1.82, 2.24) is 0 Å². The van der Waals surface area contributed by atoms with Crippen LogP contribution in [0.5, 0.6) is 0 Å². The van der Waals surface area contributed by atoms with E-state index >= 15 is 0 Å². The van der Waals surface area contributed by atoms with Crippen molar-refractivity contribution in [2.75, 3.05) is 0 Å². The number of allylic oxidation sites excluding steroid dienone is 2. The van der Waals surface area contributed by atoms with Crippen LogP contribution in [0.15, 0.2) is 36.4 Å². The third kappa shape index (κ3) is 1.21. The Morgan fingerprint density at radius 2 is 2.12 bits per heavy atom. The number of ketones is 1. The van der Waals surface area contributed by atoms with Crippen LogP contribution in [0.3, 0.4) is 0 Å². The highest BCUT2D eigenvalue weighted by molar-refractivity contribution is 5.96. The van der Waals surface area contributed by atoms with Crippen molar-refractivity contribution in [2.45, 2.75) is 32.1 Å². The van der Waals surface area contributed by atoms with Gasteiger partial charge in [-0.3, -0.25) is 4.79 Å². The van der Waals surface area contributed by atoms with Gasteiger partial charge >= 0.3 is 0 Å². The summed E-state index contributed by atoms with van der Waals surface area (Å²) in [6.07, 6.45) is 6.88. The summed E-state index contributed by atoms with van der Waals surface area (Å²) < 4.78 is 0. The Morgan fingerprint density at radius 3 is 3.00 bits per heavy atom. The van der Waals surface area contributed by atoms with Gasteiger partial charge in [-0.1, -0.05) is 37.3 Å². The molecule has 0 unspecified atom stereocenters. The monoisotopic (exact) mass is 212 g/mol. The Bertz CT molecular complexity index is 472. The number of aryl methyl sites for hydroxylation is 1. The number of benzene rings is 1. The number of fused-ring (bicyclic) bond motifs is 3. The minimum atomic E-state index is -0.150. The molecule has 1 aromatic rings. The van der Waals surface area contributed by atoms with E-state index < -0.39 is 0 Å². The summed E-state index contributed by atoms with van der Waals surface area (Å²) in [6.45, 7) is 2.14. The second-order valence-electron chi connectivity index (χ2n) is 5.17. The van der Waals surface area contributed by atoms with Gasteiger partial charge in [-0.05, 0) is 36.5 Å². The van der Waals surface area contributed by atoms with Crippen LogP contribution in [-0.4, -0.2) is 5.78 Å². The molecule has 1 aromatic carbocycles. The van der Waals surface area contributed by atoms with Gasteiger partial charge in [0.2, 0.25) is 0 Å². The summed E-state index contributed by atoms with van der Waals surface area (Å²) in [7, 11) is 0. The fraction of sp³-hybridized carbons (Fsp3) is 0.400. The van der Waals surface area contributed by atoms with Crippen molar-refractivity contribution in [3.8, 4) is 0 Å². The quantitative estimate of drug-likeness (QED) is 0.645. The van der Waals surface area contributed by atoms with Gasteiger partial charge in [0, 0.05) is 11.3 Å². The minimum Gasteiger partial charge on any atom is -0.294 e. The van der Waals surface area contributed by atoms with Crippen molar-refractivity contribution in [3.63, 3.8) is 0 Å². The van der Waals surface area contributed by atoms with E-state index in [1.165, 1.54) is 11.1 Å². The maximum atomic E-state index is 12.1. The molecule has 0 radical (unpaired) electrons. The lowest BCUT2D eigenvalue weighted by atomic mass is 9.60. The molecule has 3 rings (SSSR count). The molecule has 0 N–H and O–H groups in total. The predicted octanol–water partition coefficient (Wildman–Crippen LogP) is 3.25. The van der Waals surface area contributed by atoms with Crippen LogP contribution >= 0.6 is 0 Å². The number of rotatable bonds is 0.